The van der Waals surface area contributed by atoms with E-state index in [-0.39, 0.29) is 0 Å². The molecule has 0 aromatic heterocycles. The molecule has 0 aliphatic rings. The average molecular weight is 114 g/mol. The molecular formula is C6H15BO. The van der Waals surface area contributed by atoms with Crippen molar-refractivity contribution in [1.29, 1.82) is 0 Å². The smallest absolute Gasteiger partial charge is 0.158 e. The number of rotatable bonds is 2. The molecule has 0 heterocycles. The fraction of sp³-hybridized carbons (Fsp3) is 1.00. The summed E-state index contributed by atoms with van der Waals surface area (Å²) in [6.07, 6.45) is 0. The molecule has 0 amide bonds. The van der Waals surface area contributed by atoms with Crippen molar-refractivity contribution in [3.8, 4) is 0 Å². The highest BCUT2D eigenvalue weighted by molar-refractivity contribution is 6.37. The van der Waals surface area contributed by atoms with Crippen molar-refractivity contribution in [3.05, 3.63) is 0 Å². The van der Waals surface area contributed by atoms with E-state index < -0.39 is 5.50 Å². The van der Waals surface area contributed by atoms with Crippen LogP contribution in [0.15, 0.2) is 0 Å². The molecule has 0 fully saturated rings. The monoisotopic (exact) mass is 114 g/mol. The van der Waals surface area contributed by atoms with Gasteiger partial charge in [-0.1, -0.05) is 20.7 Å². The summed E-state index contributed by atoms with van der Waals surface area (Å²) < 4.78 is 0. The molecule has 1 atom stereocenters. The van der Waals surface area contributed by atoms with E-state index in [1.807, 2.05) is 27.6 Å². The van der Waals surface area contributed by atoms with Gasteiger partial charge < -0.3 is 5.11 Å². The highest BCUT2D eigenvalue weighted by atomic mass is 16.3. The zero-order valence-corrected chi connectivity index (χ0v) is 6.23. The van der Waals surface area contributed by atoms with Crippen LogP contribution >= 0.6 is 0 Å². The van der Waals surface area contributed by atoms with Crippen LogP contribution in [0.1, 0.15) is 20.8 Å². The second kappa shape index (κ2) is 2.54. The molecule has 0 spiro atoms. The van der Waals surface area contributed by atoms with Crippen molar-refractivity contribution in [2.24, 2.45) is 5.92 Å². The summed E-state index contributed by atoms with van der Waals surface area (Å²) in [5.41, 5.74) is -0.458. The van der Waals surface area contributed by atoms with Crippen molar-refractivity contribution in [2.75, 3.05) is 0 Å². The molecule has 1 unspecified atom stereocenters. The molecule has 8 heavy (non-hydrogen) atoms. The summed E-state index contributed by atoms with van der Waals surface area (Å²) in [5, 5.41) is 9.40. The quantitative estimate of drug-likeness (QED) is 0.527. The van der Waals surface area contributed by atoms with Crippen LogP contribution in [0.3, 0.4) is 0 Å². The topological polar surface area (TPSA) is 20.2 Å². The van der Waals surface area contributed by atoms with E-state index in [0.717, 1.165) is 7.28 Å². The van der Waals surface area contributed by atoms with Gasteiger partial charge in [-0.15, -0.1) is 0 Å². The molecule has 0 saturated carbocycles. The minimum Gasteiger partial charge on any atom is -0.399 e. The van der Waals surface area contributed by atoms with Gasteiger partial charge in [-0.05, 0) is 12.8 Å². The Kier molecular flexibility index (Phi) is 2.55. The Labute approximate surface area is 52.3 Å². The second-order valence-corrected chi connectivity index (χ2v) is 2.87. The van der Waals surface area contributed by atoms with Crippen molar-refractivity contribution in [2.45, 2.75) is 33.1 Å². The summed E-state index contributed by atoms with van der Waals surface area (Å²) >= 11 is 0. The Morgan fingerprint density at radius 1 is 1.50 bits per heavy atom. The standard InChI is InChI=1S/C6H15BO/c1-5(2)6(3,8)7-4/h5,7-8H,1-4H3. The molecule has 0 aromatic carbocycles. The molecule has 0 bridgehead atoms. The highest BCUT2D eigenvalue weighted by Gasteiger charge is 2.22. The third-order valence-electron chi connectivity index (χ3n) is 1.96. The van der Waals surface area contributed by atoms with Gasteiger partial charge in [0, 0.05) is 5.50 Å². The van der Waals surface area contributed by atoms with Crippen LogP contribution < -0.4 is 0 Å². The van der Waals surface area contributed by atoms with Crippen molar-refractivity contribution in [3.63, 3.8) is 0 Å². The molecule has 48 valence electrons. The molecule has 0 aliphatic carbocycles. The molecule has 0 saturated heterocycles. The predicted molar refractivity (Wildman–Crippen MR) is 38.5 cm³/mol. The van der Waals surface area contributed by atoms with Crippen molar-refractivity contribution >= 4 is 7.28 Å². The Hall–Kier alpha value is 0.0249. The summed E-state index contributed by atoms with van der Waals surface area (Å²) in [5.74, 6) is 0.368. The Morgan fingerprint density at radius 2 is 1.88 bits per heavy atom. The maximum absolute atomic E-state index is 9.40. The van der Waals surface area contributed by atoms with Gasteiger partial charge in [0.05, 0.1) is 0 Å². The third-order valence-corrected chi connectivity index (χ3v) is 1.96. The fourth-order valence-electron chi connectivity index (χ4n) is 0.408. The van der Waals surface area contributed by atoms with Crippen LogP contribution in [0, 0.1) is 5.92 Å². The van der Waals surface area contributed by atoms with Gasteiger partial charge >= 0.3 is 0 Å². The lowest BCUT2D eigenvalue weighted by Crippen LogP contribution is -2.36. The molecule has 0 aliphatic heterocycles. The fourth-order valence-corrected chi connectivity index (χ4v) is 0.408. The van der Waals surface area contributed by atoms with Crippen molar-refractivity contribution in [1.82, 2.24) is 0 Å². The highest BCUT2D eigenvalue weighted by Crippen LogP contribution is 2.13. The van der Waals surface area contributed by atoms with Gasteiger partial charge in [0.1, 0.15) is 0 Å². The number of hydrogen-bond acceptors (Lipinski definition) is 1. The van der Waals surface area contributed by atoms with E-state index >= 15 is 0 Å². The van der Waals surface area contributed by atoms with Crippen LogP contribution in [0.25, 0.3) is 0 Å². The molecule has 1 N–H and O–H groups in total. The molecule has 0 aromatic rings. The zero-order valence-electron chi connectivity index (χ0n) is 6.23. The molecule has 0 radical (unpaired) electrons. The predicted octanol–water partition coefficient (Wildman–Crippen LogP) is 0.836. The normalized spacial score (nSPS) is 18.2. The van der Waals surface area contributed by atoms with Gasteiger partial charge in [0.25, 0.3) is 0 Å². The van der Waals surface area contributed by atoms with Crippen LogP contribution in [0.4, 0.5) is 0 Å². The molecule has 0 rings (SSSR count). The maximum atomic E-state index is 9.40. The first-order chi connectivity index (χ1) is 3.50. The van der Waals surface area contributed by atoms with Gasteiger partial charge in [-0.25, -0.2) is 0 Å². The summed E-state index contributed by atoms with van der Waals surface area (Å²) in [6, 6.07) is 0. The van der Waals surface area contributed by atoms with E-state index in [1.165, 1.54) is 0 Å². The van der Waals surface area contributed by atoms with Gasteiger partial charge in [-0.2, -0.15) is 0 Å². The number of aliphatic hydroxyl groups is 1. The summed E-state index contributed by atoms with van der Waals surface area (Å²) in [6.45, 7) is 7.94. The number of hydrogen-bond donors (Lipinski definition) is 1. The van der Waals surface area contributed by atoms with Crippen LogP contribution in [0.2, 0.25) is 6.82 Å². The first-order valence-corrected chi connectivity index (χ1v) is 3.23. The lowest BCUT2D eigenvalue weighted by molar-refractivity contribution is 0.0947. The maximum Gasteiger partial charge on any atom is 0.158 e. The SMILES string of the molecule is CBC(C)(O)C(C)C. The average Bonchev–Trinajstić information content (AvgIpc) is 1.67. The minimum atomic E-state index is -0.458. The lowest BCUT2D eigenvalue weighted by Gasteiger charge is -2.24. The van der Waals surface area contributed by atoms with E-state index in [2.05, 4.69) is 0 Å². The Morgan fingerprint density at radius 3 is 1.88 bits per heavy atom. The Balaban J connectivity index is 3.71. The minimum absolute atomic E-state index is 0.368. The summed E-state index contributed by atoms with van der Waals surface area (Å²) in [7, 11) is 0.838. The van der Waals surface area contributed by atoms with E-state index in [4.69, 9.17) is 0 Å². The molecule has 2 heteroatoms. The second-order valence-electron chi connectivity index (χ2n) is 2.87. The van der Waals surface area contributed by atoms with E-state index in [0.29, 0.717) is 5.92 Å². The molecule has 1 nitrogen and oxygen atoms in total. The largest absolute Gasteiger partial charge is 0.399 e. The summed E-state index contributed by atoms with van der Waals surface area (Å²) in [4.78, 5) is 0. The van der Waals surface area contributed by atoms with E-state index in [9.17, 15) is 5.11 Å². The van der Waals surface area contributed by atoms with Crippen LogP contribution in [-0.2, 0) is 0 Å². The molecular weight excluding hydrogens is 98.9 g/mol. The third kappa shape index (κ3) is 1.87. The van der Waals surface area contributed by atoms with Crippen LogP contribution in [-0.4, -0.2) is 17.9 Å². The van der Waals surface area contributed by atoms with Crippen LogP contribution in [0.5, 0.6) is 0 Å². The van der Waals surface area contributed by atoms with Gasteiger partial charge in [-0.3, -0.25) is 0 Å². The lowest BCUT2D eigenvalue weighted by atomic mass is 9.59. The van der Waals surface area contributed by atoms with Crippen molar-refractivity contribution < 1.29 is 5.11 Å². The van der Waals surface area contributed by atoms with Gasteiger partial charge in [0.2, 0.25) is 0 Å². The first-order valence-electron chi connectivity index (χ1n) is 3.23. The zero-order chi connectivity index (χ0) is 6.78. The van der Waals surface area contributed by atoms with Gasteiger partial charge in [0.15, 0.2) is 7.28 Å². The van der Waals surface area contributed by atoms with E-state index in [1.54, 1.807) is 0 Å². The Bertz CT molecular complexity index is 68.9. The first kappa shape index (κ1) is 8.02.